The minimum Gasteiger partial charge on any atom is -0.493 e. The first-order chi connectivity index (χ1) is 13.6. The van der Waals surface area contributed by atoms with Gasteiger partial charge in [-0.15, -0.1) is 0 Å². The van der Waals surface area contributed by atoms with Crippen molar-refractivity contribution in [3.8, 4) is 11.5 Å². The number of nitrogens with zero attached hydrogens (tertiary/aromatic N) is 2. The smallest absolute Gasteiger partial charge is 0.191 e. The Morgan fingerprint density at radius 1 is 1.21 bits per heavy atom. The third kappa shape index (κ3) is 5.08. The van der Waals surface area contributed by atoms with E-state index in [1.807, 2.05) is 7.05 Å². The lowest BCUT2D eigenvalue weighted by molar-refractivity contribution is 0.0243. The van der Waals surface area contributed by atoms with Crippen LogP contribution in [-0.2, 0) is 17.7 Å². The predicted molar refractivity (Wildman–Crippen MR) is 111 cm³/mol. The lowest BCUT2D eigenvalue weighted by atomic mass is 9.99. The van der Waals surface area contributed by atoms with Crippen molar-refractivity contribution >= 4 is 5.96 Å². The van der Waals surface area contributed by atoms with E-state index >= 15 is 0 Å². The molecule has 2 aliphatic heterocycles. The molecule has 2 N–H and O–H groups in total. The fraction of sp³-hybridized carbons (Fsp3) is 0.667. The van der Waals surface area contributed by atoms with Gasteiger partial charge in [0.1, 0.15) is 0 Å². The molecule has 0 amide bonds. The Morgan fingerprint density at radius 2 is 1.96 bits per heavy atom. The molecule has 2 aliphatic rings. The number of hydrogen-bond donors (Lipinski definition) is 2. The first-order valence-electron chi connectivity index (χ1n) is 10.1. The second-order valence-corrected chi connectivity index (χ2v) is 7.76. The summed E-state index contributed by atoms with van der Waals surface area (Å²) >= 11 is 0. The number of aliphatic imine (C=N–C) groups is 1. The van der Waals surface area contributed by atoms with E-state index in [2.05, 4.69) is 39.6 Å². The highest BCUT2D eigenvalue weighted by Gasteiger charge is 2.29. The van der Waals surface area contributed by atoms with Gasteiger partial charge in [0.05, 0.1) is 19.8 Å². The van der Waals surface area contributed by atoms with Gasteiger partial charge in [-0.2, -0.15) is 0 Å². The Bertz CT molecular complexity index is 686. The maximum absolute atomic E-state index is 5.83. The predicted octanol–water partition coefficient (Wildman–Crippen LogP) is 1.80. The number of ether oxygens (including phenoxy) is 3. The number of rotatable bonds is 7. The van der Waals surface area contributed by atoms with Gasteiger partial charge in [0.25, 0.3) is 0 Å². The molecule has 0 aromatic heterocycles. The van der Waals surface area contributed by atoms with Crippen molar-refractivity contribution in [1.29, 1.82) is 0 Å². The van der Waals surface area contributed by atoms with E-state index in [0.717, 1.165) is 76.1 Å². The van der Waals surface area contributed by atoms with Crippen molar-refractivity contribution in [2.24, 2.45) is 4.99 Å². The molecule has 7 heteroatoms. The molecule has 1 unspecified atom stereocenters. The van der Waals surface area contributed by atoms with E-state index in [4.69, 9.17) is 14.2 Å². The highest BCUT2D eigenvalue weighted by atomic mass is 16.5. The van der Waals surface area contributed by atoms with Crippen LogP contribution in [0.5, 0.6) is 11.5 Å². The molecule has 1 fully saturated rings. The molecule has 0 saturated carbocycles. The van der Waals surface area contributed by atoms with Crippen LogP contribution in [0.1, 0.15) is 30.9 Å². The highest BCUT2D eigenvalue weighted by molar-refractivity contribution is 5.79. The maximum Gasteiger partial charge on any atom is 0.191 e. The fourth-order valence-electron chi connectivity index (χ4n) is 3.93. The summed E-state index contributed by atoms with van der Waals surface area (Å²) < 4.78 is 16.7. The lowest BCUT2D eigenvalue weighted by Gasteiger charge is -2.30. The SMILES string of the molecule is CN=C(NCCN1CCc2cc(OC)c(OC)cc2C1)NCC1(C)CCCO1. The first-order valence-corrected chi connectivity index (χ1v) is 10.1. The molecule has 1 aromatic carbocycles. The molecule has 3 rings (SSSR count). The molecule has 1 aromatic rings. The average molecular weight is 391 g/mol. The standard InChI is InChI=1S/C21H34N4O3/c1-21(7-5-11-28-21)15-24-20(22-2)23-8-10-25-9-6-16-12-18(26-3)19(27-4)13-17(16)14-25/h12-13H,5-11,14-15H2,1-4H3,(H2,22,23,24). The molecule has 1 atom stereocenters. The van der Waals surface area contributed by atoms with Crippen LogP contribution in [0, 0.1) is 0 Å². The van der Waals surface area contributed by atoms with E-state index in [1.54, 1.807) is 14.2 Å². The van der Waals surface area contributed by atoms with Crippen LogP contribution in [0.15, 0.2) is 17.1 Å². The van der Waals surface area contributed by atoms with Crippen molar-refractivity contribution in [1.82, 2.24) is 15.5 Å². The zero-order valence-corrected chi connectivity index (χ0v) is 17.6. The van der Waals surface area contributed by atoms with Crippen LogP contribution in [-0.4, -0.2) is 70.5 Å². The Morgan fingerprint density at radius 3 is 2.61 bits per heavy atom. The number of fused-ring (bicyclic) bond motifs is 1. The Hall–Kier alpha value is -1.99. The van der Waals surface area contributed by atoms with Crippen LogP contribution in [0.4, 0.5) is 0 Å². The molecule has 28 heavy (non-hydrogen) atoms. The highest BCUT2D eigenvalue weighted by Crippen LogP contribution is 2.33. The van der Waals surface area contributed by atoms with Gasteiger partial charge in [-0.05, 0) is 49.4 Å². The molecule has 2 heterocycles. The number of benzene rings is 1. The fourth-order valence-corrected chi connectivity index (χ4v) is 3.93. The molecule has 0 aliphatic carbocycles. The maximum atomic E-state index is 5.83. The summed E-state index contributed by atoms with van der Waals surface area (Å²) in [6, 6.07) is 4.22. The summed E-state index contributed by atoms with van der Waals surface area (Å²) in [6.45, 7) is 7.58. The summed E-state index contributed by atoms with van der Waals surface area (Å²) in [4.78, 5) is 6.78. The minimum absolute atomic E-state index is 0.0751. The Balaban J connectivity index is 1.46. The van der Waals surface area contributed by atoms with Gasteiger partial charge in [-0.3, -0.25) is 9.89 Å². The van der Waals surface area contributed by atoms with E-state index in [-0.39, 0.29) is 5.60 Å². The monoisotopic (exact) mass is 390 g/mol. The van der Waals surface area contributed by atoms with E-state index < -0.39 is 0 Å². The summed E-state index contributed by atoms with van der Waals surface area (Å²) in [5, 5.41) is 6.82. The van der Waals surface area contributed by atoms with Crippen molar-refractivity contribution in [3.63, 3.8) is 0 Å². The summed E-state index contributed by atoms with van der Waals surface area (Å²) in [5.74, 6) is 2.44. The van der Waals surface area contributed by atoms with Gasteiger partial charge in [-0.25, -0.2) is 0 Å². The zero-order valence-electron chi connectivity index (χ0n) is 17.6. The van der Waals surface area contributed by atoms with Crippen LogP contribution in [0.25, 0.3) is 0 Å². The lowest BCUT2D eigenvalue weighted by Crippen LogP contribution is -2.47. The summed E-state index contributed by atoms with van der Waals surface area (Å²) in [5.41, 5.74) is 2.59. The molecule has 0 radical (unpaired) electrons. The van der Waals surface area contributed by atoms with Crippen LogP contribution in [0.3, 0.4) is 0 Å². The molecule has 0 bridgehead atoms. The Kier molecular flexibility index (Phi) is 7.02. The van der Waals surface area contributed by atoms with Gasteiger partial charge in [0.15, 0.2) is 17.5 Å². The van der Waals surface area contributed by atoms with Crippen molar-refractivity contribution in [2.75, 3.05) is 54.1 Å². The van der Waals surface area contributed by atoms with Crippen LogP contribution < -0.4 is 20.1 Å². The summed E-state index contributed by atoms with van der Waals surface area (Å²) in [6.07, 6.45) is 3.26. The molecule has 1 saturated heterocycles. The second kappa shape index (κ2) is 9.47. The third-order valence-electron chi connectivity index (χ3n) is 5.67. The van der Waals surface area contributed by atoms with Gasteiger partial charge in [0, 0.05) is 46.4 Å². The second-order valence-electron chi connectivity index (χ2n) is 7.76. The number of nitrogens with one attached hydrogen (secondary N) is 2. The first kappa shape index (κ1) is 20.7. The average Bonchev–Trinajstić information content (AvgIpc) is 3.16. The van der Waals surface area contributed by atoms with Crippen LogP contribution >= 0.6 is 0 Å². The van der Waals surface area contributed by atoms with Crippen molar-refractivity contribution < 1.29 is 14.2 Å². The largest absolute Gasteiger partial charge is 0.493 e. The quantitative estimate of drug-likeness (QED) is 0.547. The molecular weight excluding hydrogens is 356 g/mol. The molecule has 0 spiro atoms. The summed E-state index contributed by atoms with van der Waals surface area (Å²) in [7, 11) is 5.18. The number of hydrogen-bond acceptors (Lipinski definition) is 5. The van der Waals surface area contributed by atoms with Crippen LogP contribution in [0.2, 0.25) is 0 Å². The normalized spacial score (nSPS) is 22.6. The number of methoxy groups -OCH3 is 2. The minimum atomic E-state index is -0.0751. The zero-order chi connectivity index (χ0) is 20.0. The third-order valence-corrected chi connectivity index (χ3v) is 5.67. The van der Waals surface area contributed by atoms with Gasteiger partial charge in [-0.1, -0.05) is 0 Å². The topological polar surface area (TPSA) is 67.4 Å². The van der Waals surface area contributed by atoms with Crippen molar-refractivity contribution in [2.45, 2.75) is 38.3 Å². The van der Waals surface area contributed by atoms with E-state index in [0.29, 0.717) is 0 Å². The van der Waals surface area contributed by atoms with E-state index in [9.17, 15) is 0 Å². The Labute approximate surface area is 168 Å². The number of guanidine groups is 1. The van der Waals surface area contributed by atoms with Gasteiger partial charge in [0.2, 0.25) is 0 Å². The van der Waals surface area contributed by atoms with E-state index in [1.165, 1.54) is 11.1 Å². The van der Waals surface area contributed by atoms with Gasteiger partial charge < -0.3 is 24.8 Å². The molecular formula is C21H34N4O3. The van der Waals surface area contributed by atoms with Crippen molar-refractivity contribution in [3.05, 3.63) is 23.3 Å². The van der Waals surface area contributed by atoms with Gasteiger partial charge >= 0.3 is 0 Å². The molecule has 156 valence electrons. The molecule has 7 nitrogen and oxygen atoms in total.